The van der Waals surface area contributed by atoms with E-state index < -0.39 is 0 Å². The van der Waals surface area contributed by atoms with Gasteiger partial charge in [-0.15, -0.1) is 11.3 Å². The van der Waals surface area contributed by atoms with E-state index in [1.807, 2.05) is 35.0 Å². The number of aromatic nitrogens is 2. The minimum atomic E-state index is -0.0191. The van der Waals surface area contributed by atoms with Crippen molar-refractivity contribution in [2.24, 2.45) is 0 Å². The third kappa shape index (κ3) is 3.94. The molecule has 3 heterocycles. The zero-order valence-corrected chi connectivity index (χ0v) is 16.1. The lowest BCUT2D eigenvalue weighted by Crippen LogP contribution is -2.28. The number of ketones is 1. The van der Waals surface area contributed by atoms with Crippen LogP contribution in [0.25, 0.3) is 10.2 Å². The molecule has 1 N–H and O–H groups in total. The third-order valence-electron chi connectivity index (χ3n) is 4.79. The summed E-state index contributed by atoms with van der Waals surface area (Å²) >= 11 is 1.65. The maximum Gasteiger partial charge on any atom is 0.270 e. The number of para-hydroxylation sites is 1. The van der Waals surface area contributed by atoms with Crippen LogP contribution >= 0.6 is 11.3 Å². The van der Waals surface area contributed by atoms with Crippen molar-refractivity contribution in [3.8, 4) is 0 Å². The number of Topliss-reactive ketones (excluding diaryl/α,β-unsaturated/α-hetero) is 1. The van der Waals surface area contributed by atoms with Crippen LogP contribution in [0, 0.1) is 0 Å². The molecule has 0 bridgehead atoms. The van der Waals surface area contributed by atoms with Gasteiger partial charge in [0.15, 0.2) is 5.78 Å². The number of nitrogens with one attached hydrogen (secondary N) is 1. The number of carbonyl (C=O) groups excluding carboxylic acids is 2. The van der Waals surface area contributed by atoms with Crippen molar-refractivity contribution in [1.29, 1.82) is 0 Å². The average Bonchev–Trinajstić information content (AvgIpc) is 3.40. The molecule has 1 fully saturated rings. The summed E-state index contributed by atoms with van der Waals surface area (Å²) in [6, 6.07) is 9.71. The zero-order valence-electron chi connectivity index (χ0n) is 15.3. The SMILES string of the molecule is CN(CC(=O)c1c[nH]c(C(=O)N2CCCC2)c1)Cc1nc2ccccc2s1. The highest BCUT2D eigenvalue weighted by Gasteiger charge is 2.22. The molecule has 1 aromatic carbocycles. The molecule has 0 radical (unpaired) electrons. The Balaban J connectivity index is 1.37. The maximum absolute atomic E-state index is 12.6. The highest BCUT2D eigenvalue weighted by molar-refractivity contribution is 7.18. The molecule has 0 atom stereocenters. The summed E-state index contributed by atoms with van der Waals surface area (Å²) in [4.78, 5) is 36.3. The number of fused-ring (bicyclic) bond motifs is 1. The normalized spacial score (nSPS) is 14.4. The van der Waals surface area contributed by atoms with Crippen LogP contribution in [0.3, 0.4) is 0 Å². The number of carbonyl (C=O) groups is 2. The minimum absolute atomic E-state index is 0.00432. The fourth-order valence-electron chi connectivity index (χ4n) is 3.38. The van der Waals surface area contributed by atoms with Crippen molar-refractivity contribution in [3.63, 3.8) is 0 Å². The van der Waals surface area contributed by atoms with Crippen molar-refractivity contribution in [2.75, 3.05) is 26.7 Å². The molecule has 0 unspecified atom stereocenters. The average molecular weight is 382 g/mol. The Morgan fingerprint density at radius 1 is 1.26 bits per heavy atom. The van der Waals surface area contributed by atoms with Gasteiger partial charge in [0.2, 0.25) is 0 Å². The topological polar surface area (TPSA) is 69.3 Å². The Bertz CT molecular complexity index is 938. The molecule has 6 nitrogen and oxygen atoms in total. The fourth-order valence-corrected chi connectivity index (χ4v) is 4.43. The van der Waals surface area contributed by atoms with Crippen LogP contribution in [0.15, 0.2) is 36.5 Å². The van der Waals surface area contributed by atoms with Crippen molar-refractivity contribution in [1.82, 2.24) is 19.8 Å². The van der Waals surface area contributed by atoms with Crippen molar-refractivity contribution < 1.29 is 9.59 Å². The zero-order chi connectivity index (χ0) is 18.8. The van der Waals surface area contributed by atoms with Gasteiger partial charge in [-0.05, 0) is 38.1 Å². The van der Waals surface area contributed by atoms with Crippen LogP contribution in [0.2, 0.25) is 0 Å². The fraction of sp³-hybridized carbons (Fsp3) is 0.350. The molecular weight excluding hydrogens is 360 g/mol. The monoisotopic (exact) mass is 382 g/mol. The van der Waals surface area contributed by atoms with E-state index in [-0.39, 0.29) is 18.2 Å². The van der Waals surface area contributed by atoms with Crippen molar-refractivity contribution in [2.45, 2.75) is 19.4 Å². The van der Waals surface area contributed by atoms with Gasteiger partial charge in [0.1, 0.15) is 10.7 Å². The van der Waals surface area contributed by atoms with Gasteiger partial charge in [-0.25, -0.2) is 4.98 Å². The number of H-pyrrole nitrogens is 1. The number of likely N-dealkylation sites (tertiary alicyclic amines) is 1. The number of likely N-dealkylation sites (N-methyl/N-ethyl adjacent to an activating group) is 1. The number of hydrogen-bond acceptors (Lipinski definition) is 5. The van der Waals surface area contributed by atoms with E-state index in [0.29, 0.717) is 17.8 Å². The number of nitrogens with zero attached hydrogens (tertiary/aromatic N) is 3. The van der Waals surface area contributed by atoms with Gasteiger partial charge >= 0.3 is 0 Å². The molecule has 4 rings (SSSR count). The van der Waals surface area contributed by atoms with Crippen LogP contribution < -0.4 is 0 Å². The third-order valence-corrected chi connectivity index (χ3v) is 5.81. The lowest BCUT2D eigenvalue weighted by atomic mass is 10.2. The first-order valence-electron chi connectivity index (χ1n) is 9.14. The summed E-state index contributed by atoms with van der Waals surface area (Å²) in [5.41, 5.74) is 2.04. The molecule has 1 amide bonds. The minimum Gasteiger partial charge on any atom is -0.356 e. The van der Waals surface area contributed by atoms with Gasteiger partial charge in [-0.2, -0.15) is 0 Å². The molecule has 1 saturated heterocycles. The Kier molecular flexibility index (Phi) is 5.05. The highest BCUT2D eigenvalue weighted by Crippen LogP contribution is 2.22. The van der Waals surface area contributed by atoms with E-state index in [4.69, 9.17) is 0 Å². The van der Waals surface area contributed by atoms with Crippen LogP contribution in [-0.2, 0) is 6.54 Å². The number of hydrogen-bond donors (Lipinski definition) is 1. The van der Waals surface area contributed by atoms with Crippen molar-refractivity contribution in [3.05, 3.63) is 52.8 Å². The quantitative estimate of drug-likeness (QED) is 0.665. The standard InChI is InChI=1S/C20H22N4O2S/c1-23(13-19-22-15-6-2-3-7-18(15)27-19)12-17(25)14-10-16(21-11-14)20(26)24-8-4-5-9-24/h2-3,6-7,10-11,21H,4-5,8-9,12-13H2,1H3. The molecule has 27 heavy (non-hydrogen) atoms. The number of thiazole rings is 1. The van der Waals surface area contributed by atoms with E-state index in [0.717, 1.165) is 41.2 Å². The van der Waals surface area contributed by atoms with Crippen LogP contribution in [0.1, 0.15) is 38.7 Å². The van der Waals surface area contributed by atoms with Gasteiger partial charge in [0.25, 0.3) is 5.91 Å². The van der Waals surface area contributed by atoms with Gasteiger partial charge in [0, 0.05) is 24.8 Å². The first-order chi connectivity index (χ1) is 13.1. The Hall–Kier alpha value is -2.51. The second kappa shape index (κ2) is 7.62. The van der Waals surface area contributed by atoms with E-state index in [1.165, 1.54) is 0 Å². The number of amides is 1. The van der Waals surface area contributed by atoms with Crippen LogP contribution in [0.5, 0.6) is 0 Å². The maximum atomic E-state index is 12.6. The van der Waals surface area contributed by atoms with Gasteiger partial charge in [-0.3, -0.25) is 14.5 Å². The molecule has 0 aliphatic carbocycles. The van der Waals surface area contributed by atoms with Gasteiger partial charge < -0.3 is 9.88 Å². The summed E-state index contributed by atoms with van der Waals surface area (Å²) < 4.78 is 1.16. The van der Waals surface area contributed by atoms with E-state index in [1.54, 1.807) is 23.6 Å². The van der Waals surface area contributed by atoms with Gasteiger partial charge in [0.05, 0.1) is 23.3 Å². The molecular formula is C20H22N4O2S. The van der Waals surface area contributed by atoms with Gasteiger partial charge in [-0.1, -0.05) is 12.1 Å². The molecule has 3 aromatic rings. The number of benzene rings is 1. The molecule has 1 aliphatic rings. The van der Waals surface area contributed by atoms with Crippen LogP contribution in [-0.4, -0.2) is 58.1 Å². The van der Waals surface area contributed by atoms with Crippen LogP contribution in [0.4, 0.5) is 0 Å². The highest BCUT2D eigenvalue weighted by atomic mass is 32.1. The predicted molar refractivity (Wildman–Crippen MR) is 106 cm³/mol. The second-order valence-corrected chi connectivity index (χ2v) is 8.09. The largest absolute Gasteiger partial charge is 0.356 e. The predicted octanol–water partition coefficient (Wildman–Crippen LogP) is 3.18. The molecule has 1 aliphatic heterocycles. The second-order valence-electron chi connectivity index (χ2n) is 6.97. The number of rotatable bonds is 6. The summed E-state index contributed by atoms with van der Waals surface area (Å²) in [7, 11) is 1.91. The smallest absolute Gasteiger partial charge is 0.270 e. The summed E-state index contributed by atoms with van der Waals surface area (Å²) in [6.45, 7) is 2.50. The Morgan fingerprint density at radius 2 is 2.04 bits per heavy atom. The summed E-state index contributed by atoms with van der Waals surface area (Å²) in [6.07, 6.45) is 3.74. The van der Waals surface area contributed by atoms with E-state index >= 15 is 0 Å². The first kappa shape index (κ1) is 17.9. The Morgan fingerprint density at radius 3 is 2.81 bits per heavy atom. The Labute approximate surface area is 161 Å². The summed E-state index contributed by atoms with van der Waals surface area (Å²) in [5.74, 6) is -0.0234. The molecule has 7 heteroatoms. The lowest BCUT2D eigenvalue weighted by molar-refractivity contribution is 0.0787. The molecule has 0 spiro atoms. The molecule has 140 valence electrons. The molecule has 0 saturated carbocycles. The number of aromatic amines is 1. The van der Waals surface area contributed by atoms with E-state index in [9.17, 15) is 9.59 Å². The first-order valence-corrected chi connectivity index (χ1v) is 9.96. The summed E-state index contributed by atoms with van der Waals surface area (Å²) in [5, 5.41) is 0.991. The molecule has 2 aromatic heterocycles. The van der Waals surface area contributed by atoms with E-state index in [2.05, 4.69) is 16.0 Å². The lowest BCUT2D eigenvalue weighted by Gasteiger charge is -2.14. The van der Waals surface area contributed by atoms with Crippen molar-refractivity contribution >= 4 is 33.2 Å².